The quantitative estimate of drug-likeness (QED) is 0.888. The van der Waals surface area contributed by atoms with E-state index in [1.807, 2.05) is 10.9 Å². The molecule has 0 saturated heterocycles. The lowest BCUT2D eigenvalue weighted by Crippen LogP contribution is -2.45. The molecule has 0 spiro atoms. The van der Waals surface area contributed by atoms with Gasteiger partial charge in [0.15, 0.2) is 0 Å². The summed E-state index contributed by atoms with van der Waals surface area (Å²) in [6.45, 7) is 11.7. The minimum absolute atomic E-state index is 0.396. The second kappa shape index (κ2) is 4.00. The standard InChI is InChI=1S/C16H27N3/c1-11(2)19-10-13(9-17-19)18-14-15(3,4)12-6-7-16(14,5)8-12/h9-12,14,18H,6-8H2,1-5H3/t12-,14?,16+/m0/s1. The predicted octanol–water partition coefficient (Wildman–Crippen LogP) is 4.09. The third kappa shape index (κ3) is 1.89. The molecular weight excluding hydrogens is 234 g/mol. The fourth-order valence-electron chi connectivity index (χ4n) is 4.52. The van der Waals surface area contributed by atoms with E-state index in [4.69, 9.17) is 0 Å². The fraction of sp³-hybridized carbons (Fsp3) is 0.812. The van der Waals surface area contributed by atoms with Crippen LogP contribution in [0.3, 0.4) is 0 Å². The highest BCUT2D eigenvalue weighted by atomic mass is 15.3. The second-order valence-electron chi connectivity index (χ2n) is 7.80. The first-order valence-corrected chi connectivity index (χ1v) is 7.63. The normalized spacial score (nSPS) is 36.1. The highest BCUT2D eigenvalue weighted by Gasteiger charge is 2.59. The molecule has 0 aromatic carbocycles. The molecule has 2 aliphatic rings. The lowest BCUT2D eigenvalue weighted by atomic mass is 9.68. The Morgan fingerprint density at radius 3 is 2.63 bits per heavy atom. The number of hydrogen-bond acceptors (Lipinski definition) is 2. The molecule has 0 radical (unpaired) electrons. The lowest BCUT2D eigenvalue weighted by Gasteiger charge is -2.43. The summed E-state index contributed by atoms with van der Waals surface area (Å²) in [7, 11) is 0. The third-order valence-electron chi connectivity index (χ3n) is 5.71. The molecule has 0 aliphatic heterocycles. The second-order valence-corrected chi connectivity index (χ2v) is 7.80. The number of anilines is 1. The van der Waals surface area contributed by atoms with Crippen LogP contribution in [0.25, 0.3) is 0 Å². The van der Waals surface area contributed by atoms with Gasteiger partial charge in [-0.1, -0.05) is 20.8 Å². The molecule has 1 N–H and O–H groups in total. The van der Waals surface area contributed by atoms with Crippen molar-refractivity contribution in [1.82, 2.24) is 9.78 Å². The van der Waals surface area contributed by atoms with E-state index in [-0.39, 0.29) is 0 Å². The van der Waals surface area contributed by atoms with Gasteiger partial charge >= 0.3 is 0 Å². The summed E-state index contributed by atoms with van der Waals surface area (Å²) in [5.74, 6) is 0.884. The van der Waals surface area contributed by atoms with Gasteiger partial charge in [0, 0.05) is 18.3 Å². The lowest BCUT2D eigenvalue weighted by molar-refractivity contribution is 0.155. The van der Waals surface area contributed by atoms with Gasteiger partial charge in [-0.3, -0.25) is 4.68 Å². The van der Waals surface area contributed by atoms with Crippen molar-refractivity contribution in [2.45, 2.75) is 66.0 Å². The van der Waals surface area contributed by atoms with Crippen LogP contribution in [0.4, 0.5) is 5.69 Å². The van der Waals surface area contributed by atoms with Crippen molar-refractivity contribution < 1.29 is 0 Å². The zero-order valence-corrected chi connectivity index (χ0v) is 12.9. The summed E-state index contributed by atoms with van der Waals surface area (Å²) in [5, 5.41) is 8.24. The highest BCUT2D eigenvalue weighted by Crippen LogP contribution is 2.63. The molecule has 1 aromatic rings. The first kappa shape index (κ1) is 13.0. The third-order valence-corrected chi connectivity index (χ3v) is 5.71. The largest absolute Gasteiger partial charge is 0.379 e. The van der Waals surface area contributed by atoms with Crippen LogP contribution in [0.1, 0.15) is 59.9 Å². The van der Waals surface area contributed by atoms with E-state index in [0.717, 1.165) is 5.92 Å². The summed E-state index contributed by atoms with van der Waals surface area (Å²) in [6, 6.07) is 1.00. The van der Waals surface area contributed by atoms with Crippen LogP contribution in [-0.4, -0.2) is 15.8 Å². The zero-order chi connectivity index (χ0) is 13.8. The van der Waals surface area contributed by atoms with E-state index in [1.165, 1.54) is 24.9 Å². The van der Waals surface area contributed by atoms with Gasteiger partial charge in [-0.2, -0.15) is 5.10 Å². The SMILES string of the molecule is CC(C)n1cc(NC2C(C)(C)[C@H]3CC[C@]2(C)C3)cn1. The van der Waals surface area contributed by atoms with Gasteiger partial charge in [0.25, 0.3) is 0 Å². The average molecular weight is 261 g/mol. The molecule has 3 heteroatoms. The molecule has 2 aliphatic carbocycles. The van der Waals surface area contributed by atoms with Crippen LogP contribution < -0.4 is 5.32 Å². The van der Waals surface area contributed by atoms with E-state index < -0.39 is 0 Å². The van der Waals surface area contributed by atoms with E-state index in [0.29, 0.717) is 22.9 Å². The maximum Gasteiger partial charge on any atom is 0.0729 e. The van der Waals surface area contributed by atoms with E-state index in [2.05, 4.69) is 51.2 Å². The Kier molecular flexibility index (Phi) is 2.74. The number of fused-ring (bicyclic) bond motifs is 2. The number of nitrogens with one attached hydrogen (secondary N) is 1. The molecule has 1 unspecified atom stereocenters. The van der Waals surface area contributed by atoms with Gasteiger partial charge < -0.3 is 5.32 Å². The van der Waals surface area contributed by atoms with E-state index >= 15 is 0 Å². The van der Waals surface area contributed by atoms with Crippen molar-refractivity contribution in [3.05, 3.63) is 12.4 Å². The van der Waals surface area contributed by atoms with Gasteiger partial charge in [-0.15, -0.1) is 0 Å². The van der Waals surface area contributed by atoms with Crippen LogP contribution in [0.2, 0.25) is 0 Å². The van der Waals surface area contributed by atoms with Gasteiger partial charge in [0.05, 0.1) is 11.9 Å². The first-order chi connectivity index (χ1) is 8.83. The van der Waals surface area contributed by atoms with Crippen molar-refractivity contribution in [2.24, 2.45) is 16.7 Å². The molecule has 3 rings (SSSR count). The van der Waals surface area contributed by atoms with Crippen molar-refractivity contribution in [2.75, 3.05) is 5.32 Å². The topological polar surface area (TPSA) is 29.9 Å². The maximum atomic E-state index is 4.44. The first-order valence-electron chi connectivity index (χ1n) is 7.63. The van der Waals surface area contributed by atoms with Gasteiger partial charge in [0.2, 0.25) is 0 Å². The Morgan fingerprint density at radius 2 is 2.11 bits per heavy atom. The van der Waals surface area contributed by atoms with Crippen molar-refractivity contribution >= 4 is 5.69 Å². The van der Waals surface area contributed by atoms with Gasteiger partial charge in [0.1, 0.15) is 0 Å². The molecule has 3 atom stereocenters. The van der Waals surface area contributed by atoms with Crippen LogP contribution in [0.5, 0.6) is 0 Å². The minimum atomic E-state index is 0.396. The molecular formula is C16H27N3. The number of rotatable bonds is 3. The molecule has 2 bridgehead atoms. The maximum absolute atomic E-state index is 4.44. The summed E-state index contributed by atoms with van der Waals surface area (Å²) in [4.78, 5) is 0. The predicted molar refractivity (Wildman–Crippen MR) is 79.3 cm³/mol. The number of aromatic nitrogens is 2. The highest BCUT2D eigenvalue weighted by molar-refractivity contribution is 5.42. The molecule has 3 nitrogen and oxygen atoms in total. The summed E-state index contributed by atoms with van der Waals surface area (Å²) >= 11 is 0. The van der Waals surface area contributed by atoms with E-state index in [1.54, 1.807) is 0 Å². The van der Waals surface area contributed by atoms with Crippen LogP contribution >= 0.6 is 0 Å². The Labute approximate surface area is 116 Å². The van der Waals surface area contributed by atoms with Crippen LogP contribution in [-0.2, 0) is 0 Å². The Balaban J connectivity index is 1.82. The van der Waals surface area contributed by atoms with Crippen molar-refractivity contribution in [1.29, 1.82) is 0 Å². The monoisotopic (exact) mass is 261 g/mol. The Hall–Kier alpha value is -0.990. The van der Waals surface area contributed by atoms with Crippen molar-refractivity contribution in [3.8, 4) is 0 Å². The summed E-state index contributed by atoms with van der Waals surface area (Å²) in [5.41, 5.74) is 2.04. The molecule has 2 fully saturated rings. The minimum Gasteiger partial charge on any atom is -0.379 e. The molecule has 19 heavy (non-hydrogen) atoms. The molecule has 2 saturated carbocycles. The van der Waals surface area contributed by atoms with E-state index in [9.17, 15) is 0 Å². The average Bonchev–Trinajstić information content (AvgIpc) is 2.95. The molecule has 106 valence electrons. The molecule has 0 amide bonds. The Morgan fingerprint density at radius 1 is 1.37 bits per heavy atom. The molecule has 1 aromatic heterocycles. The number of hydrogen-bond donors (Lipinski definition) is 1. The van der Waals surface area contributed by atoms with Crippen molar-refractivity contribution in [3.63, 3.8) is 0 Å². The summed E-state index contributed by atoms with van der Waals surface area (Å²) in [6.07, 6.45) is 8.29. The van der Waals surface area contributed by atoms with Crippen LogP contribution in [0, 0.1) is 16.7 Å². The summed E-state index contributed by atoms with van der Waals surface area (Å²) < 4.78 is 2.03. The fourth-order valence-corrected chi connectivity index (χ4v) is 4.52. The number of nitrogens with zero attached hydrogens (tertiary/aromatic N) is 2. The van der Waals surface area contributed by atoms with Gasteiger partial charge in [-0.05, 0) is 49.9 Å². The molecule has 1 heterocycles. The zero-order valence-electron chi connectivity index (χ0n) is 12.9. The van der Waals surface area contributed by atoms with Crippen LogP contribution in [0.15, 0.2) is 12.4 Å². The Bertz CT molecular complexity index is 469. The smallest absolute Gasteiger partial charge is 0.0729 e. The van der Waals surface area contributed by atoms with Gasteiger partial charge in [-0.25, -0.2) is 0 Å².